The van der Waals surface area contributed by atoms with E-state index < -0.39 is 6.04 Å². The van der Waals surface area contributed by atoms with E-state index in [-0.39, 0.29) is 36.7 Å². The lowest BCUT2D eigenvalue weighted by molar-refractivity contribution is -0.141. The average Bonchev–Trinajstić information content (AvgIpc) is 3.42. The third-order valence-corrected chi connectivity index (χ3v) is 7.97. The van der Waals surface area contributed by atoms with Gasteiger partial charge in [0.1, 0.15) is 6.04 Å². The van der Waals surface area contributed by atoms with Crippen molar-refractivity contribution in [3.8, 4) is 0 Å². The summed E-state index contributed by atoms with van der Waals surface area (Å²) in [7, 11) is 0. The Hall–Kier alpha value is -2.82. The van der Waals surface area contributed by atoms with Crippen LogP contribution in [0.3, 0.4) is 0 Å². The SMILES string of the molecule is CC[C@H](C(=O)NC1CCCC1)N(Cc1c(Cl)cccc1Cl)C(=O)CC(c1ccccc1)c1ccccc1. The second kappa shape index (κ2) is 13.1. The van der Waals surface area contributed by atoms with E-state index in [1.165, 1.54) is 0 Å². The summed E-state index contributed by atoms with van der Waals surface area (Å²) in [5.74, 6) is -0.362. The number of rotatable bonds is 10. The first-order valence-corrected chi connectivity index (χ1v) is 13.9. The smallest absolute Gasteiger partial charge is 0.243 e. The van der Waals surface area contributed by atoms with Crippen LogP contribution >= 0.6 is 23.2 Å². The number of carbonyl (C=O) groups is 2. The molecular weight excluding hydrogens is 503 g/mol. The monoisotopic (exact) mass is 536 g/mol. The van der Waals surface area contributed by atoms with E-state index in [2.05, 4.69) is 5.32 Å². The fraction of sp³-hybridized carbons (Fsp3) is 0.355. The van der Waals surface area contributed by atoms with Gasteiger partial charge in [-0.2, -0.15) is 0 Å². The van der Waals surface area contributed by atoms with Crippen LogP contribution in [-0.2, 0) is 16.1 Å². The highest BCUT2D eigenvalue weighted by atomic mass is 35.5. The molecule has 2 amide bonds. The summed E-state index contributed by atoms with van der Waals surface area (Å²) in [6.45, 7) is 2.11. The molecule has 0 unspecified atom stereocenters. The third kappa shape index (κ3) is 6.94. The van der Waals surface area contributed by atoms with Crippen molar-refractivity contribution in [2.75, 3.05) is 0 Å². The first-order chi connectivity index (χ1) is 18.0. The number of amides is 2. The molecule has 0 aromatic heterocycles. The lowest BCUT2D eigenvalue weighted by Crippen LogP contribution is -2.51. The van der Waals surface area contributed by atoms with Gasteiger partial charge in [-0.25, -0.2) is 0 Å². The minimum atomic E-state index is -0.618. The summed E-state index contributed by atoms with van der Waals surface area (Å²) in [6, 6.07) is 24.9. The predicted molar refractivity (Wildman–Crippen MR) is 151 cm³/mol. The first-order valence-electron chi connectivity index (χ1n) is 13.1. The molecule has 0 aliphatic heterocycles. The van der Waals surface area contributed by atoms with Crippen LogP contribution in [0.5, 0.6) is 0 Å². The number of carbonyl (C=O) groups excluding carboxylic acids is 2. The number of nitrogens with one attached hydrogen (secondary N) is 1. The van der Waals surface area contributed by atoms with E-state index in [9.17, 15) is 9.59 Å². The Balaban J connectivity index is 1.67. The van der Waals surface area contributed by atoms with Crippen molar-refractivity contribution in [2.24, 2.45) is 0 Å². The summed E-state index contributed by atoms with van der Waals surface area (Å²) in [5, 5.41) is 4.17. The minimum absolute atomic E-state index is 0.109. The van der Waals surface area contributed by atoms with Gasteiger partial charge in [-0.15, -0.1) is 0 Å². The molecule has 37 heavy (non-hydrogen) atoms. The molecule has 6 heteroatoms. The molecule has 1 N–H and O–H groups in total. The maximum absolute atomic E-state index is 14.1. The second-order valence-corrected chi connectivity index (χ2v) is 10.5. The molecule has 0 radical (unpaired) electrons. The zero-order chi connectivity index (χ0) is 26.2. The number of halogens is 2. The fourth-order valence-corrected chi connectivity index (χ4v) is 5.75. The molecule has 1 aliphatic rings. The predicted octanol–water partition coefficient (Wildman–Crippen LogP) is 7.38. The van der Waals surface area contributed by atoms with Crippen LogP contribution in [0.15, 0.2) is 78.9 Å². The van der Waals surface area contributed by atoms with Crippen LogP contribution in [0, 0.1) is 0 Å². The normalized spacial score (nSPS) is 14.5. The van der Waals surface area contributed by atoms with Crippen LogP contribution in [-0.4, -0.2) is 28.8 Å². The van der Waals surface area contributed by atoms with Crippen molar-refractivity contribution in [1.29, 1.82) is 0 Å². The van der Waals surface area contributed by atoms with Crippen LogP contribution in [0.25, 0.3) is 0 Å². The van der Waals surface area contributed by atoms with E-state index in [1.807, 2.05) is 67.6 Å². The highest BCUT2D eigenvalue weighted by molar-refractivity contribution is 6.36. The molecule has 1 atom stereocenters. The van der Waals surface area contributed by atoms with Crippen molar-refractivity contribution < 1.29 is 9.59 Å². The molecule has 3 aromatic rings. The van der Waals surface area contributed by atoms with E-state index >= 15 is 0 Å². The van der Waals surface area contributed by atoms with Crippen LogP contribution in [0.2, 0.25) is 10.0 Å². The molecule has 4 nitrogen and oxygen atoms in total. The lowest BCUT2D eigenvalue weighted by atomic mass is 9.88. The number of benzene rings is 3. The van der Waals surface area contributed by atoms with Gasteiger partial charge in [0, 0.05) is 40.5 Å². The maximum atomic E-state index is 14.1. The maximum Gasteiger partial charge on any atom is 0.243 e. The quantitative estimate of drug-likeness (QED) is 0.293. The number of nitrogens with zero attached hydrogens (tertiary/aromatic N) is 1. The van der Waals surface area contributed by atoms with Gasteiger partial charge in [-0.1, -0.05) is 110 Å². The molecule has 0 bridgehead atoms. The van der Waals surface area contributed by atoms with E-state index in [0.29, 0.717) is 22.0 Å². The Kier molecular flexibility index (Phi) is 9.65. The molecule has 1 aliphatic carbocycles. The topological polar surface area (TPSA) is 49.4 Å². The molecule has 0 heterocycles. The fourth-order valence-electron chi connectivity index (χ4n) is 5.23. The average molecular weight is 538 g/mol. The van der Waals surface area contributed by atoms with E-state index in [1.54, 1.807) is 23.1 Å². The summed E-state index contributed by atoms with van der Waals surface area (Å²) < 4.78 is 0. The van der Waals surface area contributed by atoms with Crippen molar-refractivity contribution >= 4 is 35.0 Å². The molecule has 0 saturated heterocycles. The first kappa shape index (κ1) is 27.2. The largest absolute Gasteiger partial charge is 0.352 e. The Bertz CT molecular complexity index is 1120. The molecule has 1 saturated carbocycles. The molecule has 1 fully saturated rings. The zero-order valence-electron chi connectivity index (χ0n) is 21.2. The Morgan fingerprint density at radius 1 is 0.865 bits per heavy atom. The van der Waals surface area contributed by atoms with E-state index in [0.717, 1.165) is 36.8 Å². The lowest BCUT2D eigenvalue weighted by Gasteiger charge is -2.33. The van der Waals surface area contributed by atoms with Gasteiger partial charge >= 0.3 is 0 Å². The van der Waals surface area contributed by atoms with Gasteiger partial charge in [0.2, 0.25) is 11.8 Å². The van der Waals surface area contributed by atoms with Crippen LogP contribution in [0.1, 0.15) is 68.1 Å². The van der Waals surface area contributed by atoms with Gasteiger partial charge in [-0.05, 0) is 42.5 Å². The highest BCUT2D eigenvalue weighted by Crippen LogP contribution is 2.32. The third-order valence-electron chi connectivity index (χ3n) is 7.26. The molecule has 0 spiro atoms. The number of hydrogen-bond acceptors (Lipinski definition) is 2. The van der Waals surface area contributed by atoms with Gasteiger partial charge in [0.05, 0.1) is 0 Å². The van der Waals surface area contributed by atoms with Crippen molar-refractivity contribution in [2.45, 2.75) is 70.0 Å². The molecule has 194 valence electrons. The number of hydrogen-bond donors (Lipinski definition) is 1. The van der Waals surface area contributed by atoms with Gasteiger partial charge in [-0.3, -0.25) is 9.59 Å². The van der Waals surface area contributed by atoms with Crippen molar-refractivity contribution in [1.82, 2.24) is 10.2 Å². The Morgan fingerprint density at radius 3 is 1.92 bits per heavy atom. The second-order valence-electron chi connectivity index (χ2n) is 9.71. The molecular formula is C31H34Cl2N2O2. The van der Waals surface area contributed by atoms with Gasteiger partial charge in [0.15, 0.2) is 0 Å². The van der Waals surface area contributed by atoms with Crippen LogP contribution in [0.4, 0.5) is 0 Å². The summed E-state index contributed by atoms with van der Waals surface area (Å²) in [4.78, 5) is 29.3. The van der Waals surface area contributed by atoms with Crippen molar-refractivity contribution in [3.63, 3.8) is 0 Å². The molecule has 3 aromatic carbocycles. The summed E-state index contributed by atoms with van der Waals surface area (Å²) in [6.07, 6.45) is 4.93. The summed E-state index contributed by atoms with van der Waals surface area (Å²) >= 11 is 13.0. The van der Waals surface area contributed by atoms with Gasteiger partial charge < -0.3 is 10.2 Å². The van der Waals surface area contributed by atoms with Crippen molar-refractivity contribution in [3.05, 3.63) is 106 Å². The standard InChI is InChI=1S/C31H34Cl2N2O2/c1-2-29(31(37)34-24-16-9-10-17-24)35(21-26-27(32)18-11-19-28(26)33)30(36)20-25(22-12-5-3-6-13-22)23-14-7-4-8-15-23/h3-8,11-15,18-19,24-25,29H,2,9-10,16-17,20-21H2,1H3,(H,34,37)/t29-/m1/s1. The van der Waals surface area contributed by atoms with Crippen LogP contribution < -0.4 is 5.32 Å². The van der Waals surface area contributed by atoms with E-state index in [4.69, 9.17) is 23.2 Å². The van der Waals surface area contributed by atoms with Gasteiger partial charge in [0.25, 0.3) is 0 Å². The summed E-state index contributed by atoms with van der Waals surface area (Å²) in [5.41, 5.74) is 2.77. The Morgan fingerprint density at radius 2 is 1.41 bits per heavy atom. The highest BCUT2D eigenvalue weighted by Gasteiger charge is 2.33. The molecule has 4 rings (SSSR count). The Labute approximate surface area is 230 Å². The zero-order valence-corrected chi connectivity index (χ0v) is 22.7. The minimum Gasteiger partial charge on any atom is -0.352 e.